The first-order chi connectivity index (χ1) is 9.10. The molecule has 2 rings (SSSR count). The van der Waals surface area contributed by atoms with Crippen LogP contribution in [0.3, 0.4) is 0 Å². The summed E-state index contributed by atoms with van der Waals surface area (Å²) in [6.45, 7) is 6.39. The van der Waals surface area contributed by atoms with Crippen LogP contribution in [-0.2, 0) is 0 Å². The summed E-state index contributed by atoms with van der Waals surface area (Å²) in [5.74, 6) is -0.263. The van der Waals surface area contributed by atoms with E-state index < -0.39 is 0 Å². The minimum atomic E-state index is -0.263. The second-order valence-electron chi connectivity index (χ2n) is 5.35. The second-order valence-corrected chi connectivity index (χ2v) is 5.78. The normalized spacial score (nSPS) is 23.7. The zero-order chi connectivity index (χ0) is 13.8. The number of hydrogen-bond acceptors (Lipinski definition) is 2. The topological polar surface area (TPSA) is 15.3 Å². The van der Waals surface area contributed by atoms with Crippen LogP contribution in [0, 0.1) is 5.82 Å². The molecular formula is C15H22ClFN2. The van der Waals surface area contributed by atoms with Gasteiger partial charge in [0.2, 0.25) is 0 Å². The Labute approximate surface area is 119 Å². The highest BCUT2D eigenvalue weighted by Crippen LogP contribution is 2.28. The van der Waals surface area contributed by atoms with Gasteiger partial charge in [0.05, 0.1) is 0 Å². The van der Waals surface area contributed by atoms with Crippen molar-refractivity contribution in [1.82, 2.24) is 5.32 Å². The fraction of sp³-hybridized carbons (Fsp3) is 0.600. The molecule has 1 aliphatic heterocycles. The molecule has 1 N–H and O–H groups in total. The summed E-state index contributed by atoms with van der Waals surface area (Å²) in [4.78, 5) is 2.25. The Morgan fingerprint density at radius 2 is 2.21 bits per heavy atom. The van der Waals surface area contributed by atoms with Gasteiger partial charge in [0.25, 0.3) is 0 Å². The van der Waals surface area contributed by atoms with Crippen LogP contribution >= 0.6 is 11.6 Å². The summed E-state index contributed by atoms with van der Waals surface area (Å²) in [5.41, 5.74) is 0.895. The summed E-state index contributed by atoms with van der Waals surface area (Å²) in [6, 6.07) is 5.75. The molecule has 0 spiro atoms. The van der Waals surface area contributed by atoms with E-state index in [0.29, 0.717) is 17.1 Å². The number of hydrogen-bond donors (Lipinski definition) is 1. The maximum Gasteiger partial charge on any atom is 0.126 e. The Morgan fingerprint density at radius 1 is 1.42 bits per heavy atom. The molecule has 2 nitrogen and oxygen atoms in total. The molecule has 19 heavy (non-hydrogen) atoms. The highest BCUT2D eigenvalue weighted by atomic mass is 35.5. The molecule has 0 amide bonds. The molecule has 0 bridgehead atoms. The zero-order valence-electron chi connectivity index (χ0n) is 11.6. The van der Waals surface area contributed by atoms with E-state index in [4.69, 9.17) is 11.6 Å². The van der Waals surface area contributed by atoms with Crippen molar-refractivity contribution >= 4 is 17.3 Å². The Balaban J connectivity index is 2.02. The van der Waals surface area contributed by atoms with Crippen molar-refractivity contribution in [2.75, 3.05) is 18.0 Å². The lowest BCUT2D eigenvalue weighted by atomic mass is 9.97. The third kappa shape index (κ3) is 3.83. The van der Waals surface area contributed by atoms with Gasteiger partial charge < -0.3 is 10.2 Å². The molecule has 1 fully saturated rings. The number of rotatable bonds is 4. The first kappa shape index (κ1) is 14.6. The van der Waals surface area contributed by atoms with Crippen LogP contribution in [0.2, 0.25) is 5.02 Å². The van der Waals surface area contributed by atoms with Crippen LogP contribution in [0.25, 0.3) is 0 Å². The van der Waals surface area contributed by atoms with Crippen LogP contribution in [0.1, 0.15) is 33.1 Å². The van der Waals surface area contributed by atoms with Gasteiger partial charge in [-0.05, 0) is 50.9 Å². The van der Waals surface area contributed by atoms with E-state index in [-0.39, 0.29) is 5.82 Å². The summed E-state index contributed by atoms with van der Waals surface area (Å²) in [6.07, 6.45) is 3.35. The maximum absolute atomic E-state index is 13.4. The van der Waals surface area contributed by atoms with Crippen molar-refractivity contribution in [1.29, 1.82) is 0 Å². The third-order valence-electron chi connectivity index (χ3n) is 3.74. The number of benzene rings is 1. The fourth-order valence-electron chi connectivity index (χ4n) is 2.79. The van der Waals surface area contributed by atoms with Gasteiger partial charge in [-0.15, -0.1) is 0 Å². The Morgan fingerprint density at radius 3 is 2.84 bits per heavy atom. The average molecular weight is 285 g/mol. The van der Waals surface area contributed by atoms with E-state index in [1.807, 2.05) is 6.07 Å². The number of halogens is 2. The first-order valence-electron chi connectivity index (χ1n) is 7.06. The molecule has 1 aliphatic rings. The number of piperidine rings is 1. The smallest absolute Gasteiger partial charge is 0.126 e. The lowest BCUT2D eigenvalue weighted by Crippen LogP contribution is -2.47. The van der Waals surface area contributed by atoms with Crippen LogP contribution < -0.4 is 10.2 Å². The molecular weight excluding hydrogens is 263 g/mol. The lowest BCUT2D eigenvalue weighted by molar-refractivity contribution is 0.368. The van der Waals surface area contributed by atoms with Crippen molar-refractivity contribution in [2.24, 2.45) is 0 Å². The summed E-state index contributed by atoms with van der Waals surface area (Å²) in [7, 11) is 0. The molecule has 0 aliphatic carbocycles. The highest BCUT2D eigenvalue weighted by Gasteiger charge is 2.25. The summed E-state index contributed by atoms with van der Waals surface area (Å²) >= 11 is 5.94. The van der Waals surface area contributed by atoms with Crippen LogP contribution in [-0.4, -0.2) is 25.2 Å². The standard InChI is InChI=1S/C15H22ClFN2/c1-3-5-18-14-4-6-19(11(2)7-14)15-9-12(16)8-13(17)10-15/h8-11,14,18H,3-7H2,1-2H3. The number of nitrogens with zero attached hydrogens (tertiary/aromatic N) is 1. The zero-order valence-corrected chi connectivity index (χ0v) is 12.4. The molecule has 0 saturated carbocycles. The predicted molar refractivity (Wildman–Crippen MR) is 79.5 cm³/mol. The largest absolute Gasteiger partial charge is 0.369 e. The summed E-state index contributed by atoms with van der Waals surface area (Å²) < 4.78 is 13.4. The molecule has 1 heterocycles. The lowest BCUT2D eigenvalue weighted by Gasteiger charge is -2.39. The van der Waals surface area contributed by atoms with Gasteiger partial charge in [-0.1, -0.05) is 18.5 Å². The summed E-state index contributed by atoms with van der Waals surface area (Å²) in [5, 5.41) is 4.04. The molecule has 1 saturated heterocycles. The van der Waals surface area contributed by atoms with Crippen LogP contribution in [0.4, 0.5) is 10.1 Å². The van der Waals surface area contributed by atoms with Crippen molar-refractivity contribution in [3.05, 3.63) is 29.0 Å². The maximum atomic E-state index is 13.4. The molecule has 1 aromatic carbocycles. The van der Waals surface area contributed by atoms with Gasteiger partial charge in [0.15, 0.2) is 0 Å². The van der Waals surface area contributed by atoms with Crippen LogP contribution in [0.15, 0.2) is 18.2 Å². The number of nitrogens with one attached hydrogen (secondary N) is 1. The van der Waals surface area contributed by atoms with Crippen molar-refractivity contribution < 1.29 is 4.39 Å². The second kappa shape index (κ2) is 6.58. The Hall–Kier alpha value is -0.800. The van der Waals surface area contributed by atoms with Crippen molar-refractivity contribution in [3.8, 4) is 0 Å². The highest BCUT2D eigenvalue weighted by molar-refractivity contribution is 6.30. The molecule has 2 unspecified atom stereocenters. The van der Waals surface area contributed by atoms with Crippen molar-refractivity contribution in [2.45, 2.75) is 45.2 Å². The predicted octanol–water partition coefficient (Wildman–Crippen LogP) is 3.84. The van der Waals surface area contributed by atoms with E-state index in [0.717, 1.165) is 38.0 Å². The van der Waals surface area contributed by atoms with E-state index >= 15 is 0 Å². The third-order valence-corrected chi connectivity index (χ3v) is 3.96. The molecule has 1 aromatic rings. The van der Waals surface area contributed by atoms with Gasteiger partial charge in [-0.3, -0.25) is 0 Å². The minimum Gasteiger partial charge on any atom is -0.369 e. The van der Waals surface area contributed by atoms with Crippen LogP contribution in [0.5, 0.6) is 0 Å². The van der Waals surface area contributed by atoms with Gasteiger partial charge in [-0.25, -0.2) is 4.39 Å². The average Bonchev–Trinajstić information content (AvgIpc) is 2.35. The Kier molecular flexibility index (Phi) is 5.06. The van der Waals surface area contributed by atoms with Gasteiger partial charge in [0, 0.05) is 29.3 Å². The van der Waals surface area contributed by atoms with Gasteiger partial charge in [0.1, 0.15) is 5.82 Å². The van der Waals surface area contributed by atoms with E-state index in [1.54, 1.807) is 6.07 Å². The molecule has 2 atom stereocenters. The van der Waals surface area contributed by atoms with E-state index in [1.165, 1.54) is 6.07 Å². The SMILES string of the molecule is CCCNC1CCN(c2cc(F)cc(Cl)c2)C(C)C1. The molecule has 106 valence electrons. The Bertz CT molecular complexity index is 404. The minimum absolute atomic E-state index is 0.263. The molecule has 0 aromatic heterocycles. The van der Waals surface area contributed by atoms with Gasteiger partial charge >= 0.3 is 0 Å². The van der Waals surface area contributed by atoms with E-state index in [9.17, 15) is 4.39 Å². The van der Waals surface area contributed by atoms with Crippen molar-refractivity contribution in [3.63, 3.8) is 0 Å². The monoisotopic (exact) mass is 284 g/mol. The van der Waals surface area contributed by atoms with Gasteiger partial charge in [-0.2, -0.15) is 0 Å². The fourth-order valence-corrected chi connectivity index (χ4v) is 3.01. The molecule has 0 radical (unpaired) electrons. The first-order valence-corrected chi connectivity index (χ1v) is 7.44. The number of anilines is 1. The van der Waals surface area contributed by atoms with E-state index in [2.05, 4.69) is 24.1 Å². The quantitative estimate of drug-likeness (QED) is 0.904. The molecule has 4 heteroatoms.